The van der Waals surface area contributed by atoms with Crippen molar-refractivity contribution in [2.24, 2.45) is 11.6 Å². The molecule has 7 aromatic rings. The van der Waals surface area contributed by atoms with E-state index in [1.54, 1.807) is 23.0 Å². The third-order valence-corrected chi connectivity index (χ3v) is 9.27. The molecule has 1 aliphatic heterocycles. The highest BCUT2D eigenvalue weighted by molar-refractivity contribution is 7.99. The second-order valence-electron chi connectivity index (χ2n) is 10.8. The number of benzene rings is 6. The minimum atomic E-state index is 0.580. The Kier molecular flexibility index (Phi) is 6.37. The Labute approximate surface area is 260 Å². The molecule has 6 heteroatoms. The molecule has 0 unspecified atom stereocenters. The van der Waals surface area contributed by atoms with Gasteiger partial charge in [0.15, 0.2) is 0 Å². The zero-order chi connectivity index (χ0) is 29.6. The maximum Gasteiger partial charge on any atom is 0.0601 e. The largest absolute Gasteiger partial charge is 0.397 e. The molecule has 0 atom stereocenters. The van der Waals surface area contributed by atoms with Gasteiger partial charge in [-0.3, -0.25) is 5.01 Å². The van der Waals surface area contributed by atoms with Crippen LogP contribution in [0.5, 0.6) is 0 Å². The molecule has 0 bridgehead atoms. The lowest BCUT2D eigenvalue weighted by Crippen LogP contribution is -2.25. The van der Waals surface area contributed by atoms with Gasteiger partial charge in [0.2, 0.25) is 0 Å². The zero-order valence-electron chi connectivity index (χ0n) is 23.8. The van der Waals surface area contributed by atoms with Crippen LogP contribution in [0.4, 0.5) is 22.7 Å². The number of fused-ring (bicyclic) bond motifs is 5. The number of hydrogen-bond donors (Lipinski definition) is 2. The van der Waals surface area contributed by atoms with Crippen LogP contribution in [0.15, 0.2) is 162 Å². The van der Waals surface area contributed by atoms with E-state index in [0.717, 1.165) is 33.7 Å². The van der Waals surface area contributed by atoms with Crippen LogP contribution in [-0.4, -0.2) is 4.57 Å². The minimum Gasteiger partial charge on any atom is -0.397 e. The summed E-state index contributed by atoms with van der Waals surface area (Å²) in [4.78, 5) is 4.77. The molecule has 0 saturated carbocycles. The van der Waals surface area contributed by atoms with Gasteiger partial charge in [0.1, 0.15) is 0 Å². The third-order valence-electron chi connectivity index (χ3n) is 8.14. The molecule has 2 heterocycles. The van der Waals surface area contributed by atoms with Gasteiger partial charge in [0.25, 0.3) is 0 Å². The zero-order valence-corrected chi connectivity index (χ0v) is 24.7. The fourth-order valence-corrected chi connectivity index (χ4v) is 7.14. The molecule has 4 N–H and O–H groups in total. The van der Waals surface area contributed by atoms with Crippen LogP contribution >= 0.6 is 11.8 Å². The Morgan fingerprint density at radius 1 is 0.591 bits per heavy atom. The van der Waals surface area contributed by atoms with Gasteiger partial charge in [-0.05, 0) is 72.3 Å². The molecule has 212 valence electrons. The van der Waals surface area contributed by atoms with E-state index < -0.39 is 0 Å². The Morgan fingerprint density at radius 2 is 1.16 bits per heavy atom. The summed E-state index contributed by atoms with van der Waals surface area (Å²) < 4.78 is 2.28. The normalized spacial score (nSPS) is 12.8. The molecule has 6 aromatic carbocycles. The van der Waals surface area contributed by atoms with E-state index >= 15 is 0 Å². The Hall–Kier alpha value is -5.43. The Bertz CT molecular complexity index is 2100. The summed E-state index contributed by atoms with van der Waals surface area (Å²) in [5.41, 5.74) is 15.7. The van der Waals surface area contributed by atoms with E-state index in [0.29, 0.717) is 5.70 Å². The number of anilines is 4. The quantitative estimate of drug-likeness (QED) is 0.155. The number of rotatable bonds is 5. The number of nitrogens with two attached hydrogens (primary N) is 2. The van der Waals surface area contributed by atoms with Crippen molar-refractivity contribution < 1.29 is 0 Å². The van der Waals surface area contributed by atoms with Crippen LogP contribution in [0.1, 0.15) is 5.56 Å². The van der Waals surface area contributed by atoms with Crippen LogP contribution in [0.2, 0.25) is 0 Å². The first kappa shape index (κ1) is 26.2. The number of hydrazine groups is 1. The molecule has 0 fully saturated rings. The molecule has 0 amide bonds. The van der Waals surface area contributed by atoms with E-state index in [2.05, 4.69) is 143 Å². The molecular formula is C38H29N5S. The molecule has 8 rings (SSSR count). The summed E-state index contributed by atoms with van der Waals surface area (Å²) in [6.07, 6.45) is 1.78. The lowest BCUT2D eigenvalue weighted by Gasteiger charge is -2.32. The van der Waals surface area contributed by atoms with Crippen LogP contribution in [0.25, 0.3) is 33.2 Å². The third kappa shape index (κ3) is 4.40. The van der Waals surface area contributed by atoms with Gasteiger partial charge in [0, 0.05) is 38.1 Å². The van der Waals surface area contributed by atoms with E-state index in [1.165, 1.54) is 31.9 Å². The second-order valence-corrected chi connectivity index (χ2v) is 11.9. The first-order valence-corrected chi connectivity index (χ1v) is 15.3. The fourth-order valence-electron chi connectivity index (χ4n) is 6.08. The van der Waals surface area contributed by atoms with E-state index in [9.17, 15) is 0 Å². The summed E-state index contributed by atoms with van der Waals surface area (Å²) in [6, 6.07) is 50.5. The molecule has 0 radical (unpaired) electrons. The summed E-state index contributed by atoms with van der Waals surface area (Å²) >= 11 is 1.80. The Balaban J connectivity index is 1.10. The highest BCUT2D eigenvalue weighted by atomic mass is 32.2. The van der Waals surface area contributed by atoms with Gasteiger partial charge in [-0.2, -0.15) is 0 Å². The van der Waals surface area contributed by atoms with E-state index in [4.69, 9.17) is 11.6 Å². The molecule has 1 aromatic heterocycles. The monoisotopic (exact) mass is 587 g/mol. The lowest BCUT2D eigenvalue weighted by molar-refractivity contribution is 1.07. The predicted molar refractivity (Wildman–Crippen MR) is 185 cm³/mol. The molecule has 5 nitrogen and oxygen atoms in total. The first-order valence-electron chi connectivity index (χ1n) is 14.5. The topological polar surface area (TPSA) is 63.5 Å². The van der Waals surface area contributed by atoms with Crippen molar-refractivity contribution in [2.75, 3.05) is 9.91 Å². The van der Waals surface area contributed by atoms with Crippen LogP contribution < -0.4 is 21.5 Å². The predicted octanol–water partition coefficient (Wildman–Crippen LogP) is 9.36. The minimum absolute atomic E-state index is 0.580. The maximum atomic E-state index is 6.61. The van der Waals surface area contributed by atoms with Crippen molar-refractivity contribution in [2.45, 2.75) is 9.79 Å². The fraction of sp³-hybridized carbons (Fsp3) is 0. The van der Waals surface area contributed by atoms with Crippen molar-refractivity contribution in [3.05, 3.63) is 157 Å². The first-order chi connectivity index (χ1) is 21.7. The molecular weight excluding hydrogens is 559 g/mol. The van der Waals surface area contributed by atoms with E-state index in [-0.39, 0.29) is 0 Å². The average Bonchev–Trinajstić information content (AvgIpc) is 3.42. The molecule has 1 aliphatic rings. The number of nitrogens with zero attached hydrogens (tertiary/aromatic N) is 3. The second kappa shape index (κ2) is 10.7. The molecule has 0 aliphatic carbocycles. The maximum absolute atomic E-state index is 6.61. The van der Waals surface area contributed by atoms with Crippen molar-refractivity contribution in [3.63, 3.8) is 0 Å². The van der Waals surface area contributed by atoms with Crippen LogP contribution in [0.3, 0.4) is 0 Å². The van der Waals surface area contributed by atoms with E-state index in [1.807, 2.05) is 12.1 Å². The van der Waals surface area contributed by atoms with Gasteiger partial charge in [-0.1, -0.05) is 90.6 Å². The molecule has 0 saturated heterocycles. The highest BCUT2D eigenvalue weighted by Crippen LogP contribution is 2.51. The summed E-state index contributed by atoms with van der Waals surface area (Å²) in [6.45, 7) is 0. The van der Waals surface area contributed by atoms with Crippen LogP contribution in [-0.2, 0) is 0 Å². The van der Waals surface area contributed by atoms with Gasteiger partial charge in [-0.25, -0.2) is 5.84 Å². The average molecular weight is 588 g/mol. The Morgan fingerprint density at radius 3 is 1.80 bits per heavy atom. The molecule has 0 spiro atoms. The van der Waals surface area contributed by atoms with Crippen LogP contribution in [0, 0.1) is 0 Å². The summed E-state index contributed by atoms with van der Waals surface area (Å²) in [7, 11) is 0. The molecule has 44 heavy (non-hydrogen) atoms. The summed E-state index contributed by atoms with van der Waals surface area (Å²) in [5, 5.41) is 4.04. The number of aromatic nitrogens is 1. The van der Waals surface area contributed by atoms with Crippen molar-refractivity contribution in [1.29, 1.82) is 0 Å². The smallest absolute Gasteiger partial charge is 0.0601 e. The van der Waals surface area contributed by atoms with Crippen molar-refractivity contribution >= 4 is 62.0 Å². The highest BCUT2D eigenvalue weighted by Gasteiger charge is 2.24. The van der Waals surface area contributed by atoms with Gasteiger partial charge < -0.3 is 15.2 Å². The van der Waals surface area contributed by atoms with Gasteiger partial charge in [0.05, 0.1) is 33.8 Å². The number of para-hydroxylation sites is 4. The number of hydrogen-bond acceptors (Lipinski definition) is 5. The van der Waals surface area contributed by atoms with Crippen molar-refractivity contribution in [3.8, 4) is 5.69 Å². The van der Waals surface area contributed by atoms with Gasteiger partial charge in [-0.15, -0.1) is 0 Å². The standard InChI is InChI=1S/C38H29N5S/c39-32(26-20-22-27(23-21-26)42-35-16-5-7-18-37(35)44-38-19-8-6-17-36(38)42)25-41(40)28-10-9-11-29(24-28)43-33-14-3-1-12-30(33)31-13-2-4-15-34(31)43/h1-25H,39-40H2/b32-25-. The lowest BCUT2D eigenvalue weighted by atomic mass is 10.1. The SMILES string of the molecule is N/C(=C\N(N)c1cccc(-n2c3ccccc3c3ccccc32)c1)c1ccc(N2c3ccccc3Sc3ccccc32)cc1. The van der Waals surface area contributed by atoms with Crippen molar-refractivity contribution in [1.82, 2.24) is 4.57 Å². The summed E-state index contributed by atoms with van der Waals surface area (Å²) in [5.74, 6) is 6.59. The van der Waals surface area contributed by atoms with Gasteiger partial charge >= 0.3 is 0 Å².